The van der Waals surface area contributed by atoms with E-state index in [1.165, 1.54) is 6.26 Å². The molecule has 0 radical (unpaired) electrons. The van der Waals surface area contributed by atoms with Gasteiger partial charge in [0.15, 0.2) is 0 Å². The number of nitrogens with zero attached hydrogens (tertiary/aromatic N) is 1. The van der Waals surface area contributed by atoms with Crippen LogP contribution in [0.5, 0.6) is 0 Å². The van der Waals surface area contributed by atoms with Gasteiger partial charge in [0.05, 0.1) is 36.0 Å². The summed E-state index contributed by atoms with van der Waals surface area (Å²) in [5.41, 5.74) is 0.906. The zero-order chi connectivity index (χ0) is 21.6. The minimum Gasteiger partial charge on any atom is -0.467 e. The Bertz CT molecular complexity index is 1110. The molecule has 2 amide bonds. The summed E-state index contributed by atoms with van der Waals surface area (Å²) in [6.07, 6.45) is 2.54. The average Bonchev–Trinajstić information content (AvgIpc) is 3.24. The largest absolute Gasteiger partial charge is 0.467 e. The van der Waals surface area contributed by atoms with Crippen LogP contribution in [0, 0.1) is 0 Å². The van der Waals surface area contributed by atoms with Gasteiger partial charge in [0, 0.05) is 0 Å². The molecule has 2 N–H and O–H groups in total. The van der Waals surface area contributed by atoms with E-state index in [0.717, 1.165) is 10.6 Å². The highest BCUT2D eigenvalue weighted by Crippen LogP contribution is 2.18. The van der Waals surface area contributed by atoms with Gasteiger partial charge in [-0.05, 0) is 36.4 Å². The van der Waals surface area contributed by atoms with Gasteiger partial charge in [-0.1, -0.05) is 30.3 Å². The molecule has 0 unspecified atom stereocenters. The van der Waals surface area contributed by atoms with Crippen molar-refractivity contribution in [1.29, 1.82) is 0 Å². The summed E-state index contributed by atoms with van der Waals surface area (Å²) in [4.78, 5) is 25.1. The van der Waals surface area contributed by atoms with Gasteiger partial charge in [0.25, 0.3) is 5.91 Å². The Hall–Kier alpha value is -3.59. The summed E-state index contributed by atoms with van der Waals surface area (Å²) in [6.45, 7) is -0.227. The quantitative estimate of drug-likeness (QED) is 0.574. The van der Waals surface area contributed by atoms with Crippen LogP contribution >= 0.6 is 0 Å². The molecule has 0 saturated carbocycles. The van der Waals surface area contributed by atoms with E-state index in [9.17, 15) is 18.0 Å². The molecule has 0 fully saturated rings. The molecule has 0 aliphatic heterocycles. The van der Waals surface area contributed by atoms with Crippen molar-refractivity contribution >= 4 is 33.2 Å². The number of furan rings is 1. The first-order valence-corrected chi connectivity index (χ1v) is 10.9. The maximum Gasteiger partial charge on any atom is 0.253 e. The van der Waals surface area contributed by atoms with Crippen LogP contribution in [-0.2, 0) is 21.4 Å². The van der Waals surface area contributed by atoms with E-state index >= 15 is 0 Å². The first-order chi connectivity index (χ1) is 14.3. The minimum absolute atomic E-state index is 0.198. The van der Waals surface area contributed by atoms with Gasteiger partial charge in [-0.15, -0.1) is 0 Å². The Labute approximate surface area is 174 Å². The number of carbonyl (C=O) groups is 2. The van der Waals surface area contributed by atoms with Crippen molar-refractivity contribution in [1.82, 2.24) is 5.32 Å². The number of nitrogens with one attached hydrogen (secondary N) is 2. The first kappa shape index (κ1) is 21.1. The Kier molecular flexibility index (Phi) is 6.53. The van der Waals surface area contributed by atoms with Gasteiger partial charge in [-0.3, -0.25) is 13.9 Å². The van der Waals surface area contributed by atoms with Gasteiger partial charge in [-0.2, -0.15) is 0 Å². The highest BCUT2D eigenvalue weighted by atomic mass is 32.2. The molecule has 3 aromatic rings. The number of anilines is 2. The maximum absolute atomic E-state index is 12.6. The van der Waals surface area contributed by atoms with E-state index in [4.69, 9.17) is 4.42 Å². The molecule has 1 aromatic heterocycles. The van der Waals surface area contributed by atoms with Crippen LogP contribution in [0.4, 0.5) is 11.4 Å². The number of sulfonamides is 1. The van der Waals surface area contributed by atoms with Crippen molar-refractivity contribution in [2.24, 2.45) is 0 Å². The summed E-state index contributed by atoms with van der Waals surface area (Å²) in [6, 6.07) is 18.3. The molecule has 0 atom stereocenters. The molecule has 0 saturated heterocycles. The van der Waals surface area contributed by atoms with E-state index < -0.39 is 28.4 Å². The van der Waals surface area contributed by atoms with Crippen molar-refractivity contribution in [2.75, 3.05) is 22.4 Å². The zero-order valence-electron chi connectivity index (χ0n) is 16.2. The number of rotatable bonds is 8. The van der Waals surface area contributed by atoms with E-state index in [1.54, 1.807) is 66.7 Å². The van der Waals surface area contributed by atoms with Crippen LogP contribution < -0.4 is 14.9 Å². The summed E-state index contributed by atoms with van der Waals surface area (Å²) >= 11 is 0. The number of hydrogen-bond acceptors (Lipinski definition) is 5. The molecule has 9 heteroatoms. The molecule has 30 heavy (non-hydrogen) atoms. The molecular weight excluding hydrogens is 406 g/mol. The van der Waals surface area contributed by atoms with Crippen LogP contribution in [0.1, 0.15) is 16.1 Å². The van der Waals surface area contributed by atoms with Crippen molar-refractivity contribution in [3.8, 4) is 0 Å². The fraction of sp³-hybridized carbons (Fsp3) is 0.143. The van der Waals surface area contributed by atoms with E-state index in [-0.39, 0.29) is 17.8 Å². The molecule has 2 aromatic carbocycles. The Balaban J connectivity index is 1.72. The normalized spacial score (nSPS) is 11.0. The van der Waals surface area contributed by atoms with Gasteiger partial charge in [0.2, 0.25) is 15.9 Å². The van der Waals surface area contributed by atoms with Crippen molar-refractivity contribution in [3.63, 3.8) is 0 Å². The van der Waals surface area contributed by atoms with Crippen molar-refractivity contribution in [3.05, 3.63) is 84.3 Å². The molecule has 0 spiro atoms. The van der Waals surface area contributed by atoms with Crippen LogP contribution in [0.2, 0.25) is 0 Å². The monoisotopic (exact) mass is 427 g/mol. The van der Waals surface area contributed by atoms with Gasteiger partial charge in [-0.25, -0.2) is 8.42 Å². The fourth-order valence-electron chi connectivity index (χ4n) is 2.78. The molecule has 0 bridgehead atoms. The topological polar surface area (TPSA) is 109 Å². The van der Waals surface area contributed by atoms with Crippen LogP contribution in [0.3, 0.4) is 0 Å². The first-order valence-electron chi connectivity index (χ1n) is 9.07. The van der Waals surface area contributed by atoms with E-state index in [2.05, 4.69) is 10.6 Å². The number of amides is 2. The lowest BCUT2D eigenvalue weighted by molar-refractivity contribution is -0.114. The number of hydrogen-bond donors (Lipinski definition) is 2. The van der Waals surface area contributed by atoms with Gasteiger partial charge < -0.3 is 15.1 Å². The third kappa shape index (κ3) is 5.48. The Morgan fingerprint density at radius 3 is 2.33 bits per heavy atom. The molecule has 0 aliphatic rings. The lowest BCUT2D eigenvalue weighted by atomic mass is 10.1. The smallest absolute Gasteiger partial charge is 0.253 e. The summed E-state index contributed by atoms with van der Waals surface area (Å²) < 4.78 is 30.5. The average molecular weight is 427 g/mol. The predicted molar refractivity (Wildman–Crippen MR) is 114 cm³/mol. The lowest BCUT2D eigenvalue weighted by Gasteiger charge is -2.22. The predicted octanol–water partition coefficient (Wildman–Crippen LogP) is 2.61. The molecule has 8 nitrogen and oxygen atoms in total. The minimum atomic E-state index is -3.68. The maximum atomic E-state index is 12.6. The van der Waals surface area contributed by atoms with Gasteiger partial charge in [0.1, 0.15) is 12.3 Å². The highest BCUT2D eigenvalue weighted by molar-refractivity contribution is 7.92. The molecule has 1 heterocycles. The van der Waals surface area contributed by atoms with Crippen molar-refractivity contribution in [2.45, 2.75) is 6.54 Å². The number of carbonyl (C=O) groups excluding carboxylic acids is 2. The highest BCUT2D eigenvalue weighted by Gasteiger charge is 2.21. The second-order valence-corrected chi connectivity index (χ2v) is 8.37. The second-order valence-electron chi connectivity index (χ2n) is 6.46. The molecule has 3 rings (SSSR count). The lowest BCUT2D eigenvalue weighted by Crippen LogP contribution is -2.37. The zero-order valence-corrected chi connectivity index (χ0v) is 17.1. The second kappa shape index (κ2) is 9.27. The van der Waals surface area contributed by atoms with Crippen molar-refractivity contribution < 1.29 is 22.4 Å². The molecule has 156 valence electrons. The third-order valence-electron chi connectivity index (χ3n) is 4.18. The summed E-state index contributed by atoms with van der Waals surface area (Å²) in [7, 11) is -3.68. The molecular formula is C21H21N3O5S. The fourth-order valence-corrected chi connectivity index (χ4v) is 3.64. The third-order valence-corrected chi connectivity index (χ3v) is 5.32. The van der Waals surface area contributed by atoms with E-state index in [0.29, 0.717) is 11.4 Å². The van der Waals surface area contributed by atoms with Gasteiger partial charge >= 0.3 is 0 Å². The number of para-hydroxylation sites is 2. The number of benzene rings is 2. The summed E-state index contributed by atoms with van der Waals surface area (Å²) in [5.74, 6) is -0.377. The molecule has 0 aliphatic carbocycles. The van der Waals surface area contributed by atoms with E-state index in [1.807, 2.05) is 0 Å². The van der Waals surface area contributed by atoms with Crippen LogP contribution in [-0.4, -0.2) is 33.0 Å². The SMILES string of the molecule is CS(=O)(=O)N(CC(=O)Nc1ccccc1C(=O)NCc1ccco1)c1ccccc1. The van der Waals surface area contributed by atoms with Crippen LogP contribution in [0.25, 0.3) is 0 Å². The summed E-state index contributed by atoms with van der Waals surface area (Å²) in [5, 5.41) is 5.34. The van der Waals surface area contributed by atoms with Crippen LogP contribution in [0.15, 0.2) is 77.4 Å². The standard InChI is InChI=1S/C21H21N3O5S/c1-30(27,28)24(16-8-3-2-4-9-16)15-20(25)23-19-12-6-5-11-18(19)21(26)22-14-17-10-7-13-29-17/h2-13H,14-15H2,1H3,(H,22,26)(H,23,25). The Morgan fingerprint density at radius 1 is 0.967 bits per heavy atom. The Morgan fingerprint density at radius 2 is 1.67 bits per heavy atom.